The Morgan fingerprint density at radius 1 is 0.500 bits per heavy atom. The molecule has 50 heavy (non-hydrogen) atoms. The fourth-order valence-corrected chi connectivity index (χ4v) is 6.73. The number of aromatic hydroxyl groups is 2. The molecule has 4 amide bonds. The highest BCUT2D eigenvalue weighted by molar-refractivity contribution is 6.33. The summed E-state index contributed by atoms with van der Waals surface area (Å²) in [7, 11) is 12.2. The van der Waals surface area contributed by atoms with E-state index in [0.717, 1.165) is 22.3 Å². The molecule has 2 N–H and O–H groups in total. The average molecular weight is 905 g/mol. The van der Waals surface area contributed by atoms with Crippen LogP contribution in [0.1, 0.15) is 63.7 Å². The Morgan fingerprint density at radius 3 is 1.08 bits per heavy atom. The number of hydrogen-bond acceptors (Lipinski definition) is 6. The fraction of sp³-hybridized carbons (Fsp3) is 0.316. The average Bonchev–Trinajstić information content (AvgIpc) is 3.00. The zero-order valence-electron chi connectivity index (χ0n) is 29.1. The summed E-state index contributed by atoms with van der Waals surface area (Å²) in [5, 5.41) is 21.4. The Labute approximate surface area is 326 Å². The van der Waals surface area contributed by atoms with E-state index in [0.29, 0.717) is 45.7 Å². The molecule has 0 saturated carbocycles. The Bertz CT molecular complexity index is 1820. The van der Waals surface area contributed by atoms with Crippen molar-refractivity contribution in [1.29, 1.82) is 0 Å². The fourth-order valence-electron chi connectivity index (χ4n) is 6.73. The van der Waals surface area contributed by atoms with Crippen LogP contribution in [0.15, 0.2) is 60.7 Å². The van der Waals surface area contributed by atoms with Gasteiger partial charge in [-0.1, -0.05) is 12.1 Å². The second kappa shape index (κ2) is 14.6. The number of carbonyl (C=O) groups excluding carboxylic acids is 4. The third-order valence-corrected chi connectivity index (χ3v) is 8.89. The van der Waals surface area contributed by atoms with Crippen LogP contribution in [0.3, 0.4) is 0 Å². The first-order chi connectivity index (χ1) is 22.5. The maximum absolute atomic E-state index is 13.8. The Kier molecular flexibility index (Phi) is 11.4. The second-order valence-corrected chi connectivity index (χ2v) is 14.9. The number of nitrogens with zero attached hydrogens (tertiary/aromatic N) is 4. The SMILES string of the molecule is C[N+](C)(C)Cc1cc(CCN2C(=O)c3ccc4c5c(ccc(c35)C2=O)C(=O)N(CCc2ccc(O)c(C[N+](C)(C)C)c2)C4=O)ccc1O.[I-].[I-]. The Hall–Kier alpha value is -3.60. The van der Waals surface area contributed by atoms with E-state index in [2.05, 4.69) is 0 Å². The number of carbonyl (C=O) groups is 4. The highest BCUT2D eigenvalue weighted by Crippen LogP contribution is 2.38. The van der Waals surface area contributed by atoms with Gasteiger partial charge in [-0.05, 0) is 72.5 Å². The molecule has 0 saturated heterocycles. The van der Waals surface area contributed by atoms with E-state index in [1.54, 1.807) is 48.5 Å². The lowest BCUT2D eigenvalue weighted by Gasteiger charge is -2.32. The minimum atomic E-state index is -0.471. The van der Waals surface area contributed by atoms with Crippen LogP contribution < -0.4 is 48.0 Å². The summed E-state index contributed by atoms with van der Waals surface area (Å²) in [5.74, 6) is -1.47. The van der Waals surface area contributed by atoms with E-state index in [1.165, 1.54) is 9.80 Å². The van der Waals surface area contributed by atoms with E-state index in [9.17, 15) is 29.4 Å². The van der Waals surface area contributed by atoms with E-state index in [1.807, 2.05) is 54.4 Å². The quantitative estimate of drug-likeness (QED) is 0.112. The molecule has 2 aliphatic rings. The van der Waals surface area contributed by atoms with Crippen LogP contribution in [-0.2, 0) is 25.9 Å². The molecule has 12 heteroatoms. The van der Waals surface area contributed by atoms with Crippen molar-refractivity contribution in [2.24, 2.45) is 0 Å². The number of phenols is 2. The molecule has 2 heterocycles. The van der Waals surface area contributed by atoms with Crippen molar-refractivity contribution in [2.75, 3.05) is 55.4 Å². The van der Waals surface area contributed by atoms with Gasteiger partial charge in [0.25, 0.3) is 23.6 Å². The van der Waals surface area contributed by atoms with Gasteiger partial charge in [0.05, 0.1) is 42.3 Å². The molecule has 264 valence electrons. The van der Waals surface area contributed by atoms with E-state index in [-0.39, 0.29) is 94.8 Å². The molecule has 0 aliphatic carbocycles. The largest absolute Gasteiger partial charge is 1.00 e. The first-order valence-corrected chi connectivity index (χ1v) is 16.1. The molecule has 6 rings (SSSR count). The molecule has 0 spiro atoms. The van der Waals surface area contributed by atoms with Crippen LogP contribution in [0.2, 0.25) is 0 Å². The van der Waals surface area contributed by atoms with Crippen molar-refractivity contribution in [3.8, 4) is 11.5 Å². The maximum atomic E-state index is 13.8. The van der Waals surface area contributed by atoms with Crippen molar-refractivity contribution >= 4 is 34.4 Å². The number of imide groups is 2. The van der Waals surface area contributed by atoms with Crippen LogP contribution in [0.25, 0.3) is 10.8 Å². The van der Waals surface area contributed by atoms with E-state index in [4.69, 9.17) is 0 Å². The highest BCUT2D eigenvalue weighted by Gasteiger charge is 2.39. The zero-order valence-corrected chi connectivity index (χ0v) is 33.4. The van der Waals surface area contributed by atoms with Crippen molar-refractivity contribution in [3.05, 3.63) is 105 Å². The minimum Gasteiger partial charge on any atom is -1.00 e. The van der Waals surface area contributed by atoms with Gasteiger partial charge in [0.1, 0.15) is 24.6 Å². The summed E-state index contributed by atoms with van der Waals surface area (Å²) in [4.78, 5) is 57.5. The summed E-state index contributed by atoms with van der Waals surface area (Å²) in [5.41, 5.74) is 4.49. The lowest BCUT2D eigenvalue weighted by molar-refractivity contribution is -0.884. The zero-order chi connectivity index (χ0) is 34.7. The standard InChI is InChI=1S/C38H40N4O6.2HI/c1-41(2,3)21-25-19-23(7-13-31(25)43)15-17-39-35(45)27-9-11-29-34-30(12-10-28(33(27)34)36(39)46)38(48)40(37(29)47)18-16-24-8-14-32(44)26(20-24)22-42(4,5)6;;/h7-14,19-20H,15-18,21-22H2,1-6H3;2*1H. The van der Waals surface area contributed by atoms with Gasteiger partial charge in [-0.2, -0.15) is 0 Å². The van der Waals surface area contributed by atoms with Gasteiger partial charge in [0.15, 0.2) is 0 Å². The third-order valence-electron chi connectivity index (χ3n) is 8.89. The normalized spacial score (nSPS) is 14.2. The summed E-state index contributed by atoms with van der Waals surface area (Å²) < 4.78 is 1.26. The Morgan fingerprint density at radius 2 is 0.800 bits per heavy atom. The predicted octanol–water partition coefficient (Wildman–Crippen LogP) is -1.65. The molecular formula is C38H42I2N4O6. The van der Waals surface area contributed by atoms with Crippen LogP contribution in [0.4, 0.5) is 0 Å². The second-order valence-electron chi connectivity index (χ2n) is 14.9. The van der Waals surface area contributed by atoms with Crippen molar-refractivity contribution in [1.82, 2.24) is 9.80 Å². The molecule has 0 atom stereocenters. The number of halogens is 2. The number of rotatable bonds is 10. The van der Waals surface area contributed by atoms with Crippen LogP contribution in [0, 0.1) is 0 Å². The number of hydrogen-bond donors (Lipinski definition) is 2. The van der Waals surface area contributed by atoms with Gasteiger partial charge in [0, 0.05) is 57.2 Å². The molecule has 0 radical (unpaired) electrons. The van der Waals surface area contributed by atoms with Gasteiger partial charge in [0.2, 0.25) is 0 Å². The Balaban J connectivity index is 0.00000281. The molecule has 10 nitrogen and oxygen atoms in total. The molecular weight excluding hydrogens is 862 g/mol. The lowest BCUT2D eigenvalue weighted by atomic mass is 9.85. The summed E-state index contributed by atoms with van der Waals surface area (Å²) >= 11 is 0. The number of benzene rings is 4. The topological polar surface area (TPSA) is 115 Å². The molecule has 0 aromatic heterocycles. The monoisotopic (exact) mass is 904 g/mol. The lowest BCUT2D eigenvalue weighted by Crippen LogP contribution is -3.00. The van der Waals surface area contributed by atoms with E-state index >= 15 is 0 Å². The first kappa shape index (κ1) is 39.2. The summed E-state index contributed by atoms with van der Waals surface area (Å²) in [6.07, 6.45) is 0.806. The molecule has 4 aromatic rings. The highest BCUT2D eigenvalue weighted by atomic mass is 127. The van der Waals surface area contributed by atoms with Gasteiger partial charge in [-0.25, -0.2) is 0 Å². The van der Waals surface area contributed by atoms with E-state index < -0.39 is 23.6 Å². The smallest absolute Gasteiger partial charge is 0.261 e. The molecule has 0 bridgehead atoms. The van der Waals surface area contributed by atoms with Crippen LogP contribution >= 0.6 is 0 Å². The van der Waals surface area contributed by atoms with Crippen LogP contribution in [-0.4, -0.2) is 108 Å². The van der Waals surface area contributed by atoms with Gasteiger partial charge >= 0.3 is 0 Å². The van der Waals surface area contributed by atoms with Crippen molar-refractivity contribution in [3.63, 3.8) is 0 Å². The van der Waals surface area contributed by atoms with Gasteiger partial charge in [-0.3, -0.25) is 29.0 Å². The number of quaternary nitrogens is 2. The minimum absolute atomic E-state index is 0. The van der Waals surface area contributed by atoms with Crippen molar-refractivity contribution < 1.29 is 86.3 Å². The molecule has 0 unspecified atom stereocenters. The van der Waals surface area contributed by atoms with Gasteiger partial charge < -0.3 is 67.1 Å². The van der Waals surface area contributed by atoms with Crippen LogP contribution in [0.5, 0.6) is 11.5 Å². The number of phenolic OH excluding ortho intramolecular Hbond substituents is 2. The molecule has 4 aromatic carbocycles. The molecule has 0 fully saturated rings. The third kappa shape index (κ3) is 7.67. The predicted molar refractivity (Wildman–Crippen MR) is 182 cm³/mol. The maximum Gasteiger partial charge on any atom is 0.261 e. The van der Waals surface area contributed by atoms with Crippen molar-refractivity contribution in [2.45, 2.75) is 25.9 Å². The first-order valence-electron chi connectivity index (χ1n) is 16.1. The summed E-state index contributed by atoms with van der Waals surface area (Å²) in [6.45, 7) is 1.50. The summed E-state index contributed by atoms with van der Waals surface area (Å²) in [6, 6.07) is 17.0. The van der Waals surface area contributed by atoms with Gasteiger partial charge in [-0.15, -0.1) is 0 Å². The molecule has 2 aliphatic heterocycles. The number of amides is 4.